The number of hydrazone groups is 1. The first-order valence-electron chi connectivity index (χ1n) is 6.94. The minimum absolute atomic E-state index is 0.0501. The van der Waals surface area contributed by atoms with Gasteiger partial charge in [-0.1, -0.05) is 19.1 Å². The van der Waals surface area contributed by atoms with E-state index < -0.39 is 11.8 Å². The molecule has 21 heavy (non-hydrogen) atoms. The van der Waals surface area contributed by atoms with Crippen molar-refractivity contribution in [3.63, 3.8) is 0 Å². The highest BCUT2D eigenvalue weighted by Gasteiger charge is 2.14. The van der Waals surface area contributed by atoms with Crippen LogP contribution in [0.1, 0.15) is 32.8 Å². The topological polar surface area (TPSA) is 79.8 Å². The molecule has 1 rings (SSSR count). The van der Waals surface area contributed by atoms with Crippen molar-refractivity contribution in [1.82, 2.24) is 10.7 Å². The molecule has 6 nitrogen and oxygen atoms in total. The van der Waals surface area contributed by atoms with Crippen molar-refractivity contribution < 1.29 is 14.3 Å². The average Bonchev–Trinajstić information content (AvgIpc) is 2.48. The predicted molar refractivity (Wildman–Crippen MR) is 81.2 cm³/mol. The number of rotatable bonds is 6. The Morgan fingerprint density at radius 2 is 2.00 bits per heavy atom. The zero-order valence-corrected chi connectivity index (χ0v) is 12.6. The van der Waals surface area contributed by atoms with Crippen molar-refractivity contribution >= 4 is 18.0 Å². The van der Waals surface area contributed by atoms with Crippen molar-refractivity contribution in [2.45, 2.75) is 33.2 Å². The molecule has 0 radical (unpaired) electrons. The molecule has 6 heteroatoms. The minimum Gasteiger partial charge on any atom is -0.493 e. The summed E-state index contributed by atoms with van der Waals surface area (Å²) >= 11 is 0. The van der Waals surface area contributed by atoms with Crippen LogP contribution in [0.15, 0.2) is 29.4 Å². The summed E-state index contributed by atoms with van der Waals surface area (Å²) < 4.78 is 5.43. The molecule has 0 heterocycles. The predicted octanol–water partition coefficient (Wildman–Crippen LogP) is 1.45. The van der Waals surface area contributed by atoms with Crippen LogP contribution in [0.2, 0.25) is 0 Å². The number of benzene rings is 1. The molecule has 0 unspecified atom stereocenters. The van der Waals surface area contributed by atoms with Gasteiger partial charge in [0.15, 0.2) is 0 Å². The Labute approximate surface area is 124 Å². The zero-order chi connectivity index (χ0) is 15.7. The lowest BCUT2D eigenvalue weighted by molar-refractivity contribution is -0.139. The van der Waals surface area contributed by atoms with E-state index >= 15 is 0 Å². The van der Waals surface area contributed by atoms with Crippen LogP contribution in [-0.2, 0) is 9.59 Å². The number of nitrogens with zero attached hydrogens (tertiary/aromatic N) is 1. The Morgan fingerprint density at radius 3 is 2.67 bits per heavy atom. The lowest BCUT2D eigenvalue weighted by Gasteiger charge is -2.09. The number of carbonyl (C=O) groups is 2. The standard InChI is InChI=1S/C15H21N3O3/c1-4-11(3)17-14(19)15(20)18-16-10-12-8-6-7-9-13(12)21-5-2/h6-11H,4-5H2,1-3H3,(H,17,19)(H,18,20)/b16-10-/t11-/m1/s1. The molecular weight excluding hydrogens is 270 g/mol. The Kier molecular flexibility index (Phi) is 6.94. The number of ether oxygens (including phenoxy) is 1. The highest BCUT2D eigenvalue weighted by Crippen LogP contribution is 2.15. The van der Waals surface area contributed by atoms with Crippen molar-refractivity contribution in [2.75, 3.05) is 6.61 Å². The van der Waals surface area contributed by atoms with Crippen LogP contribution in [0, 0.1) is 0 Å². The van der Waals surface area contributed by atoms with Crippen LogP contribution in [-0.4, -0.2) is 30.7 Å². The van der Waals surface area contributed by atoms with Crippen LogP contribution >= 0.6 is 0 Å². The second kappa shape index (κ2) is 8.73. The third-order valence-corrected chi connectivity index (χ3v) is 2.78. The Hall–Kier alpha value is -2.37. The maximum atomic E-state index is 11.5. The number of hydrogen-bond donors (Lipinski definition) is 2. The van der Waals surface area contributed by atoms with Gasteiger partial charge in [0, 0.05) is 11.6 Å². The van der Waals surface area contributed by atoms with E-state index in [0.29, 0.717) is 12.4 Å². The molecule has 0 saturated heterocycles. The van der Waals surface area contributed by atoms with Crippen molar-refractivity contribution in [3.8, 4) is 5.75 Å². The van der Waals surface area contributed by atoms with Crippen LogP contribution in [0.25, 0.3) is 0 Å². The fourth-order valence-electron chi connectivity index (χ4n) is 1.48. The van der Waals surface area contributed by atoms with Crippen molar-refractivity contribution in [1.29, 1.82) is 0 Å². The molecule has 0 aromatic heterocycles. The van der Waals surface area contributed by atoms with Gasteiger partial charge in [-0.2, -0.15) is 5.10 Å². The normalized spacial score (nSPS) is 12.0. The van der Waals surface area contributed by atoms with E-state index in [1.54, 1.807) is 6.07 Å². The number of carbonyl (C=O) groups excluding carboxylic acids is 2. The molecular formula is C15H21N3O3. The first-order chi connectivity index (χ1) is 10.1. The summed E-state index contributed by atoms with van der Waals surface area (Å²) in [5.41, 5.74) is 2.92. The van der Waals surface area contributed by atoms with E-state index in [4.69, 9.17) is 4.74 Å². The van der Waals surface area contributed by atoms with Crippen molar-refractivity contribution in [3.05, 3.63) is 29.8 Å². The van der Waals surface area contributed by atoms with Gasteiger partial charge in [-0.25, -0.2) is 5.43 Å². The summed E-state index contributed by atoms with van der Waals surface area (Å²) in [5.74, 6) is -0.818. The molecule has 1 atom stereocenters. The molecule has 0 aliphatic carbocycles. The lowest BCUT2D eigenvalue weighted by Crippen LogP contribution is -2.41. The van der Waals surface area contributed by atoms with Crippen LogP contribution in [0.4, 0.5) is 0 Å². The Balaban J connectivity index is 2.58. The fourth-order valence-corrected chi connectivity index (χ4v) is 1.48. The molecule has 2 amide bonds. The molecule has 114 valence electrons. The lowest BCUT2D eigenvalue weighted by atomic mass is 10.2. The maximum Gasteiger partial charge on any atom is 0.329 e. The summed E-state index contributed by atoms with van der Waals surface area (Å²) in [4.78, 5) is 23.0. The third-order valence-electron chi connectivity index (χ3n) is 2.78. The first-order valence-corrected chi connectivity index (χ1v) is 6.94. The molecule has 0 bridgehead atoms. The largest absolute Gasteiger partial charge is 0.493 e. The molecule has 1 aromatic rings. The summed E-state index contributed by atoms with van der Waals surface area (Å²) in [7, 11) is 0. The first kappa shape index (κ1) is 16.7. The van der Waals surface area contributed by atoms with E-state index in [1.807, 2.05) is 39.0 Å². The second-order valence-electron chi connectivity index (χ2n) is 4.45. The average molecular weight is 291 g/mol. The SMILES string of the molecule is CCOc1ccccc1/C=N\NC(=O)C(=O)N[C@H](C)CC. The van der Waals surface area contributed by atoms with Gasteiger partial charge in [0.25, 0.3) is 0 Å². The smallest absolute Gasteiger partial charge is 0.329 e. The number of amides is 2. The van der Waals surface area contributed by atoms with E-state index in [1.165, 1.54) is 6.21 Å². The van der Waals surface area contributed by atoms with E-state index in [2.05, 4.69) is 15.8 Å². The van der Waals surface area contributed by atoms with Crippen LogP contribution in [0.3, 0.4) is 0 Å². The molecule has 0 spiro atoms. The number of hydrogen-bond acceptors (Lipinski definition) is 4. The number of para-hydroxylation sites is 1. The summed E-state index contributed by atoms with van der Waals surface area (Å²) in [5, 5.41) is 6.33. The summed E-state index contributed by atoms with van der Waals surface area (Å²) in [6.45, 7) is 6.17. The van der Waals surface area contributed by atoms with Crippen LogP contribution < -0.4 is 15.5 Å². The summed E-state index contributed by atoms with van der Waals surface area (Å²) in [6.07, 6.45) is 2.20. The van der Waals surface area contributed by atoms with Gasteiger partial charge in [0.2, 0.25) is 0 Å². The number of nitrogens with one attached hydrogen (secondary N) is 2. The summed E-state index contributed by atoms with van der Waals surface area (Å²) in [6, 6.07) is 7.25. The molecule has 1 aromatic carbocycles. The highest BCUT2D eigenvalue weighted by atomic mass is 16.5. The quantitative estimate of drug-likeness (QED) is 0.473. The van der Waals surface area contributed by atoms with Gasteiger partial charge in [0.05, 0.1) is 12.8 Å². The Morgan fingerprint density at radius 1 is 1.29 bits per heavy atom. The molecule has 0 aliphatic heterocycles. The van der Waals surface area contributed by atoms with E-state index in [-0.39, 0.29) is 6.04 Å². The van der Waals surface area contributed by atoms with Gasteiger partial charge in [0.1, 0.15) is 5.75 Å². The molecule has 0 fully saturated rings. The van der Waals surface area contributed by atoms with Gasteiger partial charge < -0.3 is 10.1 Å². The maximum absolute atomic E-state index is 11.5. The Bertz CT molecular complexity index is 515. The third kappa shape index (κ3) is 5.64. The van der Waals surface area contributed by atoms with E-state index in [9.17, 15) is 9.59 Å². The van der Waals surface area contributed by atoms with Crippen LogP contribution in [0.5, 0.6) is 5.75 Å². The fraction of sp³-hybridized carbons (Fsp3) is 0.400. The van der Waals surface area contributed by atoms with Gasteiger partial charge in [-0.05, 0) is 32.4 Å². The van der Waals surface area contributed by atoms with E-state index in [0.717, 1.165) is 12.0 Å². The minimum atomic E-state index is -0.791. The second-order valence-corrected chi connectivity index (χ2v) is 4.45. The van der Waals surface area contributed by atoms with Gasteiger partial charge in [-0.3, -0.25) is 9.59 Å². The van der Waals surface area contributed by atoms with Crippen molar-refractivity contribution in [2.24, 2.45) is 5.10 Å². The molecule has 0 saturated carbocycles. The van der Waals surface area contributed by atoms with Gasteiger partial charge in [-0.15, -0.1) is 0 Å². The zero-order valence-electron chi connectivity index (χ0n) is 12.6. The molecule has 0 aliphatic rings. The molecule has 2 N–H and O–H groups in total. The van der Waals surface area contributed by atoms with Gasteiger partial charge >= 0.3 is 11.8 Å². The monoisotopic (exact) mass is 291 g/mol. The highest BCUT2D eigenvalue weighted by molar-refractivity contribution is 6.35.